The molecule has 2 unspecified atom stereocenters. The number of likely N-dealkylation sites (N-methyl/N-ethyl adjacent to an activating group) is 1. The quantitative estimate of drug-likeness (QED) is 0.760. The molecule has 2 rings (SSSR count). The zero-order valence-corrected chi connectivity index (χ0v) is 13.1. The van der Waals surface area contributed by atoms with Crippen LogP contribution in [0.15, 0.2) is 24.3 Å². The van der Waals surface area contributed by atoms with Crippen LogP contribution in [0.3, 0.4) is 0 Å². The largest absolute Gasteiger partial charge is 0.490 e. The Hall–Kier alpha value is -1.26. The van der Waals surface area contributed by atoms with Gasteiger partial charge in [0.1, 0.15) is 6.61 Å². The maximum atomic E-state index is 5.98. The fourth-order valence-corrected chi connectivity index (χ4v) is 2.44. The number of nitrogens with one attached hydrogen (secondary N) is 1. The normalized spacial score (nSPS) is 21.4. The minimum Gasteiger partial charge on any atom is -0.490 e. The first kappa shape index (κ1) is 16.1. The van der Waals surface area contributed by atoms with Gasteiger partial charge in [-0.25, -0.2) is 0 Å². The van der Waals surface area contributed by atoms with E-state index in [0.29, 0.717) is 19.3 Å². The standard InChI is InChI=1S/C17H27NO3/c1-3-11-19-16-7-5-6-8-17(16)20-13-15-10-9-14(21-15)12-18-4-2/h5-8,14-15,18H,3-4,9-13H2,1-2H3. The summed E-state index contributed by atoms with van der Waals surface area (Å²) in [6.45, 7) is 7.44. The van der Waals surface area contributed by atoms with E-state index in [1.807, 2.05) is 24.3 Å². The van der Waals surface area contributed by atoms with E-state index in [2.05, 4.69) is 19.2 Å². The Labute approximate surface area is 127 Å². The fourth-order valence-electron chi connectivity index (χ4n) is 2.44. The van der Waals surface area contributed by atoms with Crippen LogP contribution in [0.1, 0.15) is 33.1 Å². The highest BCUT2D eigenvalue weighted by molar-refractivity contribution is 5.39. The first-order valence-corrected chi connectivity index (χ1v) is 8.04. The van der Waals surface area contributed by atoms with Gasteiger partial charge in [0.15, 0.2) is 11.5 Å². The highest BCUT2D eigenvalue weighted by atomic mass is 16.6. The Morgan fingerprint density at radius 1 is 1.10 bits per heavy atom. The predicted molar refractivity (Wildman–Crippen MR) is 84.2 cm³/mol. The van der Waals surface area contributed by atoms with Gasteiger partial charge in [0.25, 0.3) is 0 Å². The van der Waals surface area contributed by atoms with Crippen molar-refractivity contribution in [1.82, 2.24) is 5.32 Å². The number of hydrogen-bond donors (Lipinski definition) is 1. The van der Waals surface area contributed by atoms with Gasteiger partial charge in [-0.2, -0.15) is 0 Å². The molecule has 118 valence electrons. The molecule has 0 aliphatic carbocycles. The molecule has 1 fully saturated rings. The summed E-state index contributed by atoms with van der Waals surface area (Å²) in [5, 5.41) is 3.33. The molecular formula is C17H27NO3. The minimum absolute atomic E-state index is 0.188. The molecule has 1 N–H and O–H groups in total. The van der Waals surface area contributed by atoms with E-state index in [-0.39, 0.29) is 6.10 Å². The Morgan fingerprint density at radius 2 is 1.81 bits per heavy atom. The van der Waals surface area contributed by atoms with E-state index in [9.17, 15) is 0 Å². The number of hydrogen-bond acceptors (Lipinski definition) is 4. The maximum Gasteiger partial charge on any atom is 0.161 e. The monoisotopic (exact) mass is 293 g/mol. The number of rotatable bonds is 9. The Bertz CT molecular complexity index is 411. The van der Waals surface area contributed by atoms with E-state index in [0.717, 1.165) is 43.9 Å². The van der Waals surface area contributed by atoms with Crippen molar-refractivity contribution in [2.24, 2.45) is 0 Å². The fraction of sp³-hybridized carbons (Fsp3) is 0.647. The lowest BCUT2D eigenvalue weighted by molar-refractivity contribution is 0.0182. The molecule has 2 atom stereocenters. The van der Waals surface area contributed by atoms with Crippen molar-refractivity contribution in [2.75, 3.05) is 26.3 Å². The van der Waals surface area contributed by atoms with Crippen LogP contribution < -0.4 is 14.8 Å². The lowest BCUT2D eigenvalue weighted by Gasteiger charge is -2.16. The average molecular weight is 293 g/mol. The Morgan fingerprint density at radius 3 is 2.52 bits per heavy atom. The topological polar surface area (TPSA) is 39.7 Å². The van der Waals surface area contributed by atoms with E-state index >= 15 is 0 Å². The van der Waals surface area contributed by atoms with Gasteiger partial charge in [-0.3, -0.25) is 0 Å². The van der Waals surface area contributed by atoms with Gasteiger partial charge in [-0.1, -0.05) is 26.0 Å². The van der Waals surface area contributed by atoms with Crippen LogP contribution in [-0.4, -0.2) is 38.5 Å². The summed E-state index contributed by atoms with van der Waals surface area (Å²) in [5.41, 5.74) is 0. The zero-order chi connectivity index (χ0) is 14.9. The number of para-hydroxylation sites is 2. The third-order valence-electron chi connectivity index (χ3n) is 3.55. The van der Waals surface area contributed by atoms with Crippen molar-refractivity contribution in [3.05, 3.63) is 24.3 Å². The van der Waals surface area contributed by atoms with Gasteiger partial charge in [0.2, 0.25) is 0 Å². The molecule has 1 aliphatic heterocycles. The lowest BCUT2D eigenvalue weighted by Crippen LogP contribution is -2.28. The maximum absolute atomic E-state index is 5.98. The van der Waals surface area contributed by atoms with Gasteiger partial charge in [-0.15, -0.1) is 0 Å². The van der Waals surface area contributed by atoms with E-state index < -0.39 is 0 Å². The van der Waals surface area contributed by atoms with Gasteiger partial charge in [0.05, 0.1) is 18.8 Å². The highest BCUT2D eigenvalue weighted by Gasteiger charge is 2.25. The summed E-state index contributed by atoms with van der Waals surface area (Å²) in [6, 6.07) is 7.85. The van der Waals surface area contributed by atoms with Crippen LogP contribution in [0.25, 0.3) is 0 Å². The van der Waals surface area contributed by atoms with Crippen LogP contribution in [0.4, 0.5) is 0 Å². The van der Waals surface area contributed by atoms with Crippen LogP contribution >= 0.6 is 0 Å². The first-order valence-electron chi connectivity index (χ1n) is 8.04. The van der Waals surface area contributed by atoms with Gasteiger partial charge in [0, 0.05) is 6.54 Å². The molecule has 1 aliphatic rings. The highest BCUT2D eigenvalue weighted by Crippen LogP contribution is 2.28. The third kappa shape index (κ3) is 5.21. The molecule has 0 radical (unpaired) electrons. The molecule has 1 aromatic carbocycles. The molecule has 1 heterocycles. The van der Waals surface area contributed by atoms with E-state index in [4.69, 9.17) is 14.2 Å². The van der Waals surface area contributed by atoms with Crippen molar-refractivity contribution < 1.29 is 14.2 Å². The van der Waals surface area contributed by atoms with Crippen LogP contribution in [-0.2, 0) is 4.74 Å². The van der Waals surface area contributed by atoms with Crippen LogP contribution in [0, 0.1) is 0 Å². The van der Waals surface area contributed by atoms with Crippen molar-refractivity contribution >= 4 is 0 Å². The Kier molecular flexibility index (Phi) is 6.83. The SMILES string of the molecule is CCCOc1ccccc1OCC1CCC(CNCC)O1. The lowest BCUT2D eigenvalue weighted by atomic mass is 10.2. The summed E-state index contributed by atoms with van der Waals surface area (Å²) < 4.78 is 17.6. The Balaban J connectivity index is 1.78. The smallest absolute Gasteiger partial charge is 0.161 e. The number of benzene rings is 1. The minimum atomic E-state index is 0.188. The second-order valence-electron chi connectivity index (χ2n) is 5.37. The van der Waals surface area contributed by atoms with Crippen molar-refractivity contribution in [1.29, 1.82) is 0 Å². The summed E-state index contributed by atoms with van der Waals surface area (Å²) in [4.78, 5) is 0. The molecule has 0 aromatic heterocycles. The first-order chi connectivity index (χ1) is 10.3. The molecule has 0 bridgehead atoms. The molecule has 1 aromatic rings. The molecule has 0 amide bonds. The number of ether oxygens (including phenoxy) is 3. The third-order valence-corrected chi connectivity index (χ3v) is 3.55. The van der Waals surface area contributed by atoms with Crippen LogP contribution in [0.2, 0.25) is 0 Å². The molecule has 4 heteroatoms. The molecule has 1 saturated heterocycles. The molecule has 0 spiro atoms. The van der Waals surface area contributed by atoms with E-state index in [1.54, 1.807) is 0 Å². The molecule has 0 saturated carbocycles. The second kappa shape index (κ2) is 8.90. The zero-order valence-electron chi connectivity index (χ0n) is 13.1. The summed E-state index contributed by atoms with van der Waals surface area (Å²) in [7, 11) is 0. The van der Waals surface area contributed by atoms with Crippen LogP contribution in [0.5, 0.6) is 11.5 Å². The summed E-state index contributed by atoms with van der Waals surface area (Å²) in [5.74, 6) is 1.63. The molecule has 21 heavy (non-hydrogen) atoms. The van der Waals surface area contributed by atoms with Gasteiger partial charge < -0.3 is 19.5 Å². The second-order valence-corrected chi connectivity index (χ2v) is 5.37. The molecular weight excluding hydrogens is 266 g/mol. The van der Waals surface area contributed by atoms with Crippen molar-refractivity contribution in [2.45, 2.75) is 45.3 Å². The van der Waals surface area contributed by atoms with Crippen molar-refractivity contribution in [3.63, 3.8) is 0 Å². The predicted octanol–water partition coefficient (Wildman–Crippen LogP) is 3.01. The summed E-state index contributed by atoms with van der Waals surface area (Å²) >= 11 is 0. The molecule has 4 nitrogen and oxygen atoms in total. The average Bonchev–Trinajstić information content (AvgIpc) is 2.97. The van der Waals surface area contributed by atoms with Crippen molar-refractivity contribution in [3.8, 4) is 11.5 Å². The summed E-state index contributed by atoms with van der Waals surface area (Å²) in [6.07, 6.45) is 3.67. The van der Waals surface area contributed by atoms with Gasteiger partial charge in [-0.05, 0) is 37.9 Å². The van der Waals surface area contributed by atoms with Gasteiger partial charge >= 0.3 is 0 Å². The van der Waals surface area contributed by atoms with E-state index in [1.165, 1.54) is 0 Å².